The van der Waals surface area contributed by atoms with Gasteiger partial charge in [0.05, 0.1) is 22.8 Å². The Kier molecular flexibility index (Phi) is 6.32. The van der Waals surface area contributed by atoms with Crippen LogP contribution in [-0.4, -0.2) is 32.5 Å². The number of hydrogen-bond donors (Lipinski definition) is 0. The molecule has 0 N–H and O–H groups in total. The third-order valence-corrected chi connectivity index (χ3v) is 6.15. The molecule has 3 aromatic carbocycles. The van der Waals surface area contributed by atoms with E-state index in [2.05, 4.69) is 0 Å². The second-order valence-electron chi connectivity index (χ2n) is 7.44. The van der Waals surface area contributed by atoms with Crippen molar-refractivity contribution in [3.63, 3.8) is 0 Å². The van der Waals surface area contributed by atoms with Gasteiger partial charge in [-0.05, 0) is 55.0 Å². The molecule has 1 aliphatic heterocycles. The van der Waals surface area contributed by atoms with Gasteiger partial charge in [0.15, 0.2) is 0 Å². The molecule has 0 radical (unpaired) electrons. The Balaban J connectivity index is 1.78. The zero-order valence-corrected chi connectivity index (χ0v) is 19.1. The van der Waals surface area contributed by atoms with E-state index in [4.69, 9.17) is 4.74 Å². The zero-order valence-electron chi connectivity index (χ0n) is 18.2. The Bertz CT molecular complexity index is 1170. The maximum Gasteiger partial charge on any atom is 0.272 e. The predicted octanol–water partition coefficient (Wildman–Crippen LogP) is 5.23. The van der Waals surface area contributed by atoms with E-state index in [0.29, 0.717) is 28.3 Å². The molecule has 162 valence electrons. The van der Waals surface area contributed by atoms with Crippen LogP contribution in [0.3, 0.4) is 0 Å². The van der Waals surface area contributed by atoms with Crippen molar-refractivity contribution in [1.29, 1.82) is 0 Å². The van der Waals surface area contributed by atoms with E-state index in [-0.39, 0.29) is 11.8 Å². The molecule has 0 atom stereocenters. The van der Waals surface area contributed by atoms with Crippen LogP contribution in [0.2, 0.25) is 0 Å². The third kappa shape index (κ3) is 4.27. The van der Waals surface area contributed by atoms with Gasteiger partial charge in [-0.25, -0.2) is 4.90 Å². The number of carbonyl (C=O) groups is 2. The summed E-state index contributed by atoms with van der Waals surface area (Å²) in [6, 6.07) is 24.3. The number of nitrogens with zero attached hydrogens (tertiary/aromatic N) is 2. The standard InChI is InChI=1S/C26H24N2O3S/c1-4-31-21-15-13-18(14-16-21)23-24(32-22-11-6-5-7-12-22)26(30)28(25(23)29)20-10-8-9-19(17-20)27(2)3/h5-17H,4H2,1-3H3. The molecule has 0 saturated carbocycles. The number of ether oxygens (including phenoxy) is 1. The topological polar surface area (TPSA) is 49.9 Å². The summed E-state index contributed by atoms with van der Waals surface area (Å²) in [6.07, 6.45) is 0. The predicted molar refractivity (Wildman–Crippen MR) is 130 cm³/mol. The number of imide groups is 1. The van der Waals surface area contributed by atoms with E-state index in [1.165, 1.54) is 16.7 Å². The van der Waals surface area contributed by atoms with Gasteiger partial charge in [-0.1, -0.05) is 48.2 Å². The minimum Gasteiger partial charge on any atom is -0.494 e. The number of anilines is 2. The van der Waals surface area contributed by atoms with E-state index < -0.39 is 0 Å². The van der Waals surface area contributed by atoms with Crippen LogP contribution in [0.15, 0.2) is 88.7 Å². The van der Waals surface area contributed by atoms with Crippen LogP contribution in [0.1, 0.15) is 12.5 Å². The van der Waals surface area contributed by atoms with Crippen molar-refractivity contribution in [3.05, 3.63) is 89.3 Å². The molecule has 1 aliphatic rings. The molecule has 32 heavy (non-hydrogen) atoms. The number of thioether (sulfide) groups is 1. The zero-order chi connectivity index (χ0) is 22.7. The van der Waals surface area contributed by atoms with Crippen molar-refractivity contribution in [2.75, 3.05) is 30.5 Å². The highest BCUT2D eigenvalue weighted by atomic mass is 32.2. The van der Waals surface area contributed by atoms with Crippen LogP contribution >= 0.6 is 11.8 Å². The molecule has 3 aromatic rings. The SMILES string of the molecule is CCOc1ccc(C2=C(Sc3ccccc3)C(=O)N(c3cccc(N(C)C)c3)C2=O)cc1. The number of hydrogen-bond acceptors (Lipinski definition) is 5. The molecule has 2 amide bonds. The molecule has 0 saturated heterocycles. The molecule has 5 nitrogen and oxygen atoms in total. The summed E-state index contributed by atoms with van der Waals surface area (Å²) in [5.41, 5.74) is 2.56. The summed E-state index contributed by atoms with van der Waals surface area (Å²) in [4.78, 5) is 31.7. The third-order valence-electron chi connectivity index (χ3n) is 5.06. The van der Waals surface area contributed by atoms with Crippen LogP contribution in [0.5, 0.6) is 5.75 Å². The molecule has 4 rings (SSSR count). The Labute approximate surface area is 192 Å². The molecule has 0 aliphatic carbocycles. The first-order chi connectivity index (χ1) is 15.5. The molecule has 0 spiro atoms. The lowest BCUT2D eigenvalue weighted by Gasteiger charge is -2.19. The van der Waals surface area contributed by atoms with Crippen LogP contribution in [0, 0.1) is 0 Å². The van der Waals surface area contributed by atoms with E-state index >= 15 is 0 Å². The molecule has 0 unspecified atom stereocenters. The number of amides is 2. The van der Waals surface area contributed by atoms with Gasteiger partial charge in [0, 0.05) is 24.7 Å². The Morgan fingerprint density at radius 2 is 1.59 bits per heavy atom. The van der Waals surface area contributed by atoms with Gasteiger partial charge in [0.2, 0.25) is 0 Å². The second kappa shape index (κ2) is 9.32. The summed E-state index contributed by atoms with van der Waals surface area (Å²) >= 11 is 1.32. The van der Waals surface area contributed by atoms with Gasteiger partial charge in [-0.3, -0.25) is 9.59 Å². The molecule has 0 bridgehead atoms. The minimum atomic E-state index is -0.325. The lowest BCUT2D eigenvalue weighted by atomic mass is 10.1. The summed E-state index contributed by atoms with van der Waals surface area (Å²) in [7, 11) is 3.85. The molecule has 6 heteroatoms. The van der Waals surface area contributed by atoms with Crippen molar-refractivity contribution >= 4 is 40.5 Å². The van der Waals surface area contributed by atoms with Crippen LogP contribution < -0.4 is 14.5 Å². The fraction of sp³-hybridized carbons (Fsp3) is 0.154. The van der Waals surface area contributed by atoms with Gasteiger partial charge in [0.1, 0.15) is 5.75 Å². The van der Waals surface area contributed by atoms with Gasteiger partial charge < -0.3 is 9.64 Å². The van der Waals surface area contributed by atoms with Crippen molar-refractivity contribution in [3.8, 4) is 5.75 Å². The molecule has 0 aromatic heterocycles. The van der Waals surface area contributed by atoms with Gasteiger partial charge in [-0.2, -0.15) is 0 Å². The molecule has 1 heterocycles. The highest BCUT2D eigenvalue weighted by molar-refractivity contribution is 8.04. The Morgan fingerprint density at radius 1 is 0.875 bits per heavy atom. The number of benzene rings is 3. The second-order valence-corrected chi connectivity index (χ2v) is 8.52. The summed E-state index contributed by atoms with van der Waals surface area (Å²) in [5.74, 6) is 0.0820. The van der Waals surface area contributed by atoms with Gasteiger partial charge in [-0.15, -0.1) is 0 Å². The smallest absolute Gasteiger partial charge is 0.272 e. The van der Waals surface area contributed by atoms with Crippen LogP contribution in [-0.2, 0) is 9.59 Å². The summed E-state index contributed by atoms with van der Waals surface area (Å²) < 4.78 is 5.53. The maximum atomic E-state index is 13.6. The summed E-state index contributed by atoms with van der Waals surface area (Å²) in [5, 5.41) is 0. The largest absolute Gasteiger partial charge is 0.494 e. The Hall–Kier alpha value is -3.51. The van der Waals surface area contributed by atoms with Gasteiger partial charge >= 0.3 is 0 Å². The van der Waals surface area contributed by atoms with Crippen molar-refractivity contribution < 1.29 is 14.3 Å². The summed E-state index contributed by atoms with van der Waals surface area (Å²) in [6.45, 7) is 2.48. The van der Waals surface area contributed by atoms with E-state index in [0.717, 1.165) is 16.3 Å². The van der Waals surface area contributed by atoms with E-state index in [1.807, 2.05) is 98.7 Å². The first kappa shape index (κ1) is 21.7. The lowest BCUT2D eigenvalue weighted by molar-refractivity contribution is -0.119. The van der Waals surface area contributed by atoms with Crippen molar-refractivity contribution in [2.45, 2.75) is 11.8 Å². The van der Waals surface area contributed by atoms with Crippen molar-refractivity contribution in [1.82, 2.24) is 0 Å². The fourth-order valence-electron chi connectivity index (χ4n) is 3.49. The highest BCUT2D eigenvalue weighted by Gasteiger charge is 2.40. The average molecular weight is 445 g/mol. The molecule has 0 fully saturated rings. The molecular weight excluding hydrogens is 420 g/mol. The van der Waals surface area contributed by atoms with E-state index in [1.54, 1.807) is 6.07 Å². The monoisotopic (exact) mass is 444 g/mol. The fourth-order valence-corrected chi connectivity index (χ4v) is 4.51. The minimum absolute atomic E-state index is 0.316. The normalized spacial score (nSPS) is 13.7. The quantitative estimate of drug-likeness (QED) is 0.467. The molecular formula is C26H24N2O3S. The lowest BCUT2D eigenvalue weighted by Crippen LogP contribution is -2.31. The van der Waals surface area contributed by atoms with E-state index in [9.17, 15) is 9.59 Å². The number of rotatable bonds is 7. The maximum absolute atomic E-state index is 13.6. The van der Waals surface area contributed by atoms with Gasteiger partial charge in [0.25, 0.3) is 11.8 Å². The average Bonchev–Trinajstić information content (AvgIpc) is 3.04. The highest BCUT2D eigenvalue weighted by Crippen LogP contribution is 2.42. The number of carbonyl (C=O) groups excluding carboxylic acids is 2. The van der Waals surface area contributed by atoms with Crippen LogP contribution in [0.25, 0.3) is 5.57 Å². The van der Waals surface area contributed by atoms with Crippen molar-refractivity contribution in [2.24, 2.45) is 0 Å². The first-order valence-corrected chi connectivity index (χ1v) is 11.2. The first-order valence-electron chi connectivity index (χ1n) is 10.4. The van der Waals surface area contributed by atoms with Crippen LogP contribution in [0.4, 0.5) is 11.4 Å². The Morgan fingerprint density at radius 3 is 2.25 bits per heavy atom.